The molecule has 0 saturated carbocycles. The number of carbonyl (C=O) groups is 3. The average molecular weight is 461 g/mol. The molecule has 0 spiro atoms. The SMILES string of the molecule is COc1ccccc1N1C[C@H](C(=O)OCC(=O)c2cc(C)n(Cc3ccccc3)c2C)CC1=O. The van der Waals surface area contributed by atoms with Crippen LogP contribution in [0.5, 0.6) is 5.75 Å². The highest BCUT2D eigenvalue weighted by Gasteiger charge is 2.37. The van der Waals surface area contributed by atoms with Gasteiger partial charge in [0.25, 0.3) is 0 Å². The number of ketones is 1. The Labute approximate surface area is 198 Å². The largest absolute Gasteiger partial charge is 0.495 e. The fourth-order valence-corrected chi connectivity index (χ4v) is 4.38. The summed E-state index contributed by atoms with van der Waals surface area (Å²) in [6.07, 6.45) is 0.0384. The van der Waals surface area contributed by atoms with Crippen LogP contribution in [-0.4, -0.2) is 42.5 Å². The summed E-state index contributed by atoms with van der Waals surface area (Å²) in [5, 5.41) is 0. The lowest BCUT2D eigenvalue weighted by Crippen LogP contribution is -2.27. The summed E-state index contributed by atoms with van der Waals surface area (Å²) in [6.45, 7) is 4.35. The third-order valence-electron chi connectivity index (χ3n) is 6.24. The van der Waals surface area contributed by atoms with Crippen LogP contribution >= 0.6 is 0 Å². The molecule has 1 saturated heterocycles. The highest BCUT2D eigenvalue weighted by molar-refractivity contribution is 6.02. The number of anilines is 1. The van der Waals surface area contributed by atoms with Crippen molar-refractivity contribution in [3.63, 3.8) is 0 Å². The molecular weight excluding hydrogens is 432 g/mol. The lowest BCUT2D eigenvalue weighted by molar-refractivity contribution is -0.147. The van der Waals surface area contributed by atoms with Crippen molar-refractivity contribution in [2.75, 3.05) is 25.2 Å². The standard InChI is InChI=1S/C27H28N2O5/c1-18-13-22(19(2)28(18)15-20-9-5-4-6-10-20)24(30)17-34-27(32)21-14-26(31)29(16-21)23-11-7-8-12-25(23)33-3/h4-13,21H,14-17H2,1-3H3/t21-/m1/s1. The second-order valence-electron chi connectivity index (χ2n) is 8.46. The van der Waals surface area contributed by atoms with Crippen molar-refractivity contribution >= 4 is 23.3 Å². The summed E-state index contributed by atoms with van der Waals surface area (Å²) in [5.41, 5.74) is 4.09. The quantitative estimate of drug-likeness (QED) is 0.376. The summed E-state index contributed by atoms with van der Waals surface area (Å²) in [7, 11) is 1.54. The van der Waals surface area contributed by atoms with E-state index in [1.165, 1.54) is 12.0 Å². The Morgan fingerprint density at radius 1 is 1.03 bits per heavy atom. The van der Waals surface area contributed by atoms with E-state index >= 15 is 0 Å². The molecule has 2 heterocycles. The van der Waals surface area contributed by atoms with E-state index in [2.05, 4.69) is 4.57 Å². The van der Waals surface area contributed by atoms with E-state index in [0.29, 0.717) is 23.5 Å². The number of rotatable bonds is 8. The lowest BCUT2D eigenvalue weighted by atomic mass is 10.1. The van der Waals surface area contributed by atoms with E-state index in [0.717, 1.165) is 17.0 Å². The molecule has 1 aromatic heterocycles. The number of amides is 1. The second kappa shape index (κ2) is 9.95. The Kier molecular flexibility index (Phi) is 6.82. The van der Waals surface area contributed by atoms with Gasteiger partial charge in [0.1, 0.15) is 5.75 Å². The highest BCUT2D eigenvalue weighted by Crippen LogP contribution is 2.33. The van der Waals surface area contributed by atoms with Crippen LogP contribution in [0.1, 0.15) is 33.7 Å². The predicted octanol–water partition coefficient (Wildman–Crippen LogP) is 3.94. The first-order valence-corrected chi connectivity index (χ1v) is 11.2. The zero-order valence-electron chi connectivity index (χ0n) is 19.6. The van der Waals surface area contributed by atoms with Crippen molar-refractivity contribution < 1.29 is 23.9 Å². The number of aryl methyl sites for hydroxylation is 1. The number of carbonyl (C=O) groups excluding carboxylic acids is 3. The molecule has 2 aromatic carbocycles. The van der Waals surface area contributed by atoms with Gasteiger partial charge in [-0.2, -0.15) is 0 Å². The van der Waals surface area contributed by atoms with Crippen LogP contribution < -0.4 is 9.64 Å². The molecule has 0 unspecified atom stereocenters. The number of para-hydroxylation sites is 2. The molecule has 34 heavy (non-hydrogen) atoms. The Hall–Kier alpha value is -3.87. The van der Waals surface area contributed by atoms with Crippen LogP contribution in [0.15, 0.2) is 60.7 Å². The van der Waals surface area contributed by atoms with E-state index in [-0.39, 0.29) is 31.3 Å². The molecule has 3 aromatic rings. The van der Waals surface area contributed by atoms with Gasteiger partial charge in [-0.3, -0.25) is 14.4 Å². The lowest BCUT2D eigenvalue weighted by Gasteiger charge is -2.19. The van der Waals surface area contributed by atoms with E-state index < -0.39 is 11.9 Å². The summed E-state index contributed by atoms with van der Waals surface area (Å²) in [5.74, 6) is -1.05. The van der Waals surface area contributed by atoms with Crippen molar-refractivity contribution in [2.45, 2.75) is 26.8 Å². The summed E-state index contributed by atoms with van der Waals surface area (Å²) in [4.78, 5) is 39.6. The number of ether oxygens (including phenoxy) is 2. The zero-order chi connectivity index (χ0) is 24.2. The van der Waals surface area contributed by atoms with E-state index in [1.807, 2.05) is 62.4 Å². The Morgan fingerprint density at radius 2 is 1.74 bits per heavy atom. The second-order valence-corrected chi connectivity index (χ2v) is 8.46. The van der Waals surface area contributed by atoms with Crippen LogP contribution in [-0.2, 0) is 20.9 Å². The predicted molar refractivity (Wildman–Crippen MR) is 128 cm³/mol. The molecule has 1 atom stereocenters. The zero-order valence-corrected chi connectivity index (χ0v) is 19.6. The molecule has 7 heteroatoms. The molecule has 7 nitrogen and oxygen atoms in total. The van der Waals surface area contributed by atoms with E-state index in [1.54, 1.807) is 12.1 Å². The number of hydrogen-bond acceptors (Lipinski definition) is 5. The van der Waals surface area contributed by atoms with Crippen molar-refractivity contribution in [3.05, 3.63) is 83.2 Å². The minimum absolute atomic E-state index is 0.0384. The molecule has 0 bridgehead atoms. The molecule has 1 fully saturated rings. The molecule has 1 aliphatic heterocycles. The van der Waals surface area contributed by atoms with Crippen LogP contribution in [0.4, 0.5) is 5.69 Å². The van der Waals surface area contributed by atoms with Crippen molar-refractivity contribution in [1.82, 2.24) is 4.57 Å². The van der Waals surface area contributed by atoms with Gasteiger partial charge in [0.05, 0.1) is 18.7 Å². The summed E-state index contributed by atoms with van der Waals surface area (Å²) in [6, 6.07) is 19.0. The molecule has 1 aliphatic rings. The minimum atomic E-state index is -0.629. The molecule has 1 amide bonds. The monoisotopic (exact) mass is 460 g/mol. The molecule has 0 aliphatic carbocycles. The van der Waals surface area contributed by atoms with Gasteiger partial charge < -0.3 is 18.9 Å². The smallest absolute Gasteiger partial charge is 0.311 e. The summed E-state index contributed by atoms with van der Waals surface area (Å²) < 4.78 is 12.8. The Morgan fingerprint density at radius 3 is 2.47 bits per heavy atom. The van der Waals surface area contributed by atoms with Gasteiger partial charge in [-0.15, -0.1) is 0 Å². The van der Waals surface area contributed by atoms with E-state index in [9.17, 15) is 14.4 Å². The maximum absolute atomic E-state index is 12.9. The van der Waals surface area contributed by atoms with Gasteiger partial charge in [0.15, 0.2) is 6.61 Å². The van der Waals surface area contributed by atoms with Gasteiger partial charge >= 0.3 is 5.97 Å². The van der Waals surface area contributed by atoms with Gasteiger partial charge in [0, 0.05) is 36.5 Å². The Balaban J connectivity index is 1.38. The number of benzene rings is 2. The van der Waals surface area contributed by atoms with Crippen molar-refractivity contribution in [2.24, 2.45) is 5.92 Å². The number of esters is 1. The van der Waals surface area contributed by atoms with Crippen LogP contribution in [0, 0.1) is 19.8 Å². The first-order chi connectivity index (χ1) is 16.4. The first-order valence-electron chi connectivity index (χ1n) is 11.2. The average Bonchev–Trinajstić information content (AvgIpc) is 3.37. The number of hydrogen-bond donors (Lipinski definition) is 0. The summed E-state index contributed by atoms with van der Waals surface area (Å²) >= 11 is 0. The Bertz CT molecular complexity index is 1220. The maximum Gasteiger partial charge on any atom is 0.311 e. The van der Waals surface area contributed by atoms with Gasteiger partial charge in [-0.25, -0.2) is 0 Å². The molecule has 0 radical (unpaired) electrons. The topological polar surface area (TPSA) is 77.8 Å². The van der Waals surface area contributed by atoms with Crippen LogP contribution in [0.25, 0.3) is 0 Å². The minimum Gasteiger partial charge on any atom is -0.495 e. The van der Waals surface area contributed by atoms with Crippen LogP contribution in [0.2, 0.25) is 0 Å². The fraction of sp³-hybridized carbons (Fsp3) is 0.296. The van der Waals surface area contributed by atoms with Gasteiger partial charge in [-0.05, 0) is 37.6 Å². The number of aromatic nitrogens is 1. The van der Waals surface area contributed by atoms with Crippen LogP contribution in [0.3, 0.4) is 0 Å². The third-order valence-corrected chi connectivity index (χ3v) is 6.24. The molecular formula is C27H28N2O5. The third kappa shape index (κ3) is 4.73. The fourth-order valence-electron chi connectivity index (χ4n) is 4.38. The normalized spacial score (nSPS) is 15.4. The van der Waals surface area contributed by atoms with Crippen molar-refractivity contribution in [1.29, 1.82) is 0 Å². The molecule has 176 valence electrons. The number of nitrogens with zero attached hydrogens (tertiary/aromatic N) is 2. The maximum atomic E-state index is 12.9. The van der Waals surface area contributed by atoms with Gasteiger partial charge in [-0.1, -0.05) is 42.5 Å². The van der Waals surface area contributed by atoms with Crippen molar-refractivity contribution in [3.8, 4) is 5.75 Å². The number of methoxy groups -OCH3 is 1. The molecule has 4 rings (SSSR count). The highest BCUT2D eigenvalue weighted by atomic mass is 16.5. The molecule has 0 N–H and O–H groups in total. The first kappa shape index (κ1) is 23.3. The van der Waals surface area contributed by atoms with E-state index in [4.69, 9.17) is 9.47 Å². The van der Waals surface area contributed by atoms with Gasteiger partial charge in [0.2, 0.25) is 11.7 Å². The number of Topliss-reactive ketones (excluding diaryl/α,β-unsaturated/α-hetero) is 1.